The van der Waals surface area contributed by atoms with Crippen molar-refractivity contribution in [1.29, 1.82) is 5.26 Å². The Morgan fingerprint density at radius 3 is 2.46 bits per heavy atom. The van der Waals surface area contributed by atoms with Crippen LogP contribution in [0.5, 0.6) is 0 Å². The number of rotatable bonds is 4. The highest BCUT2D eigenvalue weighted by molar-refractivity contribution is 5.53. The molecule has 0 fully saturated rings. The summed E-state index contributed by atoms with van der Waals surface area (Å²) in [4.78, 5) is 0. The summed E-state index contributed by atoms with van der Waals surface area (Å²) in [5.41, 5.74) is 12.0. The van der Waals surface area contributed by atoms with E-state index < -0.39 is 0 Å². The predicted octanol–water partition coefficient (Wildman–Crippen LogP) is 3.59. The van der Waals surface area contributed by atoms with E-state index in [0.29, 0.717) is 24.3 Å². The molecule has 24 heavy (non-hydrogen) atoms. The van der Waals surface area contributed by atoms with Gasteiger partial charge in [0.1, 0.15) is 17.5 Å². The van der Waals surface area contributed by atoms with Gasteiger partial charge in [0.2, 0.25) is 0 Å². The maximum Gasteiger partial charge on any atom is 0.140 e. The summed E-state index contributed by atoms with van der Waals surface area (Å²) in [7, 11) is 0. The van der Waals surface area contributed by atoms with Crippen molar-refractivity contribution in [3.8, 4) is 6.07 Å². The molecule has 0 saturated carbocycles. The van der Waals surface area contributed by atoms with Crippen molar-refractivity contribution in [2.75, 3.05) is 5.73 Å². The van der Waals surface area contributed by atoms with E-state index in [1.54, 1.807) is 4.68 Å². The van der Waals surface area contributed by atoms with E-state index in [1.807, 2.05) is 12.1 Å². The maximum atomic E-state index is 9.46. The van der Waals surface area contributed by atoms with Crippen molar-refractivity contribution in [2.24, 2.45) is 0 Å². The molecule has 4 nitrogen and oxygen atoms in total. The second-order valence-electron chi connectivity index (χ2n) is 6.13. The van der Waals surface area contributed by atoms with Gasteiger partial charge in [-0.05, 0) is 25.0 Å². The van der Waals surface area contributed by atoms with Crippen LogP contribution < -0.4 is 5.73 Å². The summed E-state index contributed by atoms with van der Waals surface area (Å²) in [6, 6.07) is 18.7. The van der Waals surface area contributed by atoms with Gasteiger partial charge >= 0.3 is 0 Å². The van der Waals surface area contributed by atoms with Gasteiger partial charge in [0, 0.05) is 6.42 Å². The van der Waals surface area contributed by atoms with Gasteiger partial charge < -0.3 is 5.73 Å². The highest BCUT2D eigenvalue weighted by Crippen LogP contribution is 2.21. The van der Waals surface area contributed by atoms with Crippen LogP contribution in [0.1, 0.15) is 33.5 Å². The Balaban J connectivity index is 1.91. The lowest BCUT2D eigenvalue weighted by atomic mass is 10.1. The molecule has 0 bridgehead atoms. The van der Waals surface area contributed by atoms with Crippen LogP contribution in [0.3, 0.4) is 0 Å². The van der Waals surface area contributed by atoms with Crippen LogP contribution in [0.25, 0.3) is 0 Å². The number of nitrogen functional groups attached to an aromatic ring is 1. The number of hydrogen-bond donors (Lipinski definition) is 1. The summed E-state index contributed by atoms with van der Waals surface area (Å²) >= 11 is 0. The van der Waals surface area contributed by atoms with Crippen LogP contribution in [0.2, 0.25) is 0 Å². The van der Waals surface area contributed by atoms with Crippen LogP contribution in [0.4, 0.5) is 5.82 Å². The molecule has 4 heteroatoms. The quantitative estimate of drug-likeness (QED) is 0.799. The van der Waals surface area contributed by atoms with Crippen LogP contribution in [-0.2, 0) is 13.0 Å². The Bertz CT molecular complexity index is 898. The molecule has 3 aromatic rings. The molecule has 0 aliphatic rings. The number of aryl methyl sites for hydroxylation is 2. The highest BCUT2D eigenvalue weighted by Gasteiger charge is 2.16. The van der Waals surface area contributed by atoms with E-state index in [2.05, 4.69) is 61.4 Å². The Hall–Kier alpha value is -3.06. The lowest BCUT2D eigenvalue weighted by molar-refractivity contribution is 0.684. The van der Waals surface area contributed by atoms with Gasteiger partial charge in [-0.2, -0.15) is 10.4 Å². The fraction of sp³-hybridized carbons (Fsp3) is 0.200. The van der Waals surface area contributed by atoms with Crippen molar-refractivity contribution in [3.63, 3.8) is 0 Å². The van der Waals surface area contributed by atoms with Gasteiger partial charge in [0.05, 0.1) is 12.2 Å². The van der Waals surface area contributed by atoms with Crippen molar-refractivity contribution >= 4 is 5.82 Å². The average molecular weight is 316 g/mol. The van der Waals surface area contributed by atoms with Crippen molar-refractivity contribution in [2.45, 2.75) is 26.8 Å². The SMILES string of the molecule is Cc1ccc(Cn2nc(Cc3cccc(C)c3)c(C#N)c2N)cc1. The zero-order chi connectivity index (χ0) is 17.1. The summed E-state index contributed by atoms with van der Waals surface area (Å²) in [5.74, 6) is 0.431. The molecular weight excluding hydrogens is 296 g/mol. The lowest BCUT2D eigenvalue weighted by Crippen LogP contribution is -2.06. The first-order chi connectivity index (χ1) is 11.6. The molecule has 3 rings (SSSR count). The van der Waals surface area contributed by atoms with Gasteiger partial charge in [-0.3, -0.25) is 0 Å². The van der Waals surface area contributed by atoms with Gasteiger partial charge in [-0.1, -0.05) is 59.7 Å². The minimum Gasteiger partial charge on any atom is -0.383 e. The number of nitriles is 1. The van der Waals surface area contributed by atoms with Crippen molar-refractivity contribution < 1.29 is 0 Å². The third kappa shape index (κ3) is 3.31. The molecule has 0 saturated heterocycles. The Morgan fingerprint density at radius 1 is 1.04 bits per heavy atom. The Kier molecular flexibility index (Phi) is 4.35. The molecule has 1 aromatic heterocycles. The number of anilines is 1. The second kappa shape index (κ2) is 6.59. The van der Waals surface area contributed by atoms with Gasteiger partial charge in [0.15, 0.2) is 0 Å². The number of hydrogen-bond acceptors (Lipinski definition) is 3. The van der Waals surface area contributed by atoms with Crippen LogP contribution in [-0.4, -0.2) is 9.78 Å². The molecule has 0 unspecified atom stereocenters. The predicted molar refractivity (Wildman–Crippen MR) is 95.6 cm³/mol. The van der Waals surface area contributed by atoms with E-state index in [0.717, 1.165) is 16.8 Å². The maximum absolute atomic E-state index is 9.46. The molecule has 0 amide bonds. The monoisotopic (exact) mass is 316 g/mol. The molecule has 2 N–H and O–H groups in total. The lowest BCUT2D eigenvalue weighted by Gasteiger charge is -2.04. The molecule has 0 aliphatic heterocycles. The topological polar surface area (TPSA) is 67.6 Å². The van der Waals surface area contributed by atoms with Crippen LogP contribution in [0.15, 0.2) is 48.5 Å². The van der Waals surface area contributed by atoms with E-state index in [-0.39, 0.29) is 0 Å². The molecule has 0 radical (unpaired) electrons. The van der Waals surface area contributed by atoms with E-state index in [4.69, 9.17) is 5.73 Å². The minimum absolute atomic E-state index is 0.431. The summed E-state index contributed by atoms with van der Waals surface area (Å²) < 4.78 is 1.72. The molecule has 120 valence electrons. The normalized spacial score (nSPS) is 10.5. The number of nitrogens with two attached hydrogens (primary N) is 1. The molecule has 1 heterocycles. The van der Waals surface area contributed by atoms with Gasteiger partial charge in [0.25, 0.3) is 0 Å². The van der Waals surface area contributed by atoms with E-state index in [9.17, 15) is 5.26 Å². The van der Waals surface area contributed by atoms with Crippen LogP contribution >= 0.6 is 0 Å². The summed E-state index contributed by atoms with van der Waals surface area (Å²) in [6.45, 7) is 4.67. The summed E-state index contributed by atoms with van der Waals surface area (Å²) in [5, 5.41) is 14.1. The van der Waals surface area contributed by atoms with Crippen molar-refractivity contribution in [3.05, 3.63) is 82.0 Å². The third-order valence-corrected chi connectivity index (χ3v) is 4.08. The summed E-state index contributed by atoms with van der Waals surface area (Å²) in [6.07, 6.45) is 0.607. The fourth-order valence-corrected chi connectivity index (χ4v) is 2.77. The zero-order valence-corrected chi connectivity index (χ0v) is 14.0. The fourth-order valence-electron chi connectivity index (χ4n) is 2.77. The van der Waals surface area contributed by atoms with Crippen molar-refractivity contribution in [1.82, 2.24) is 9.78 Å². The number of aromatic nitrogens is 2. The molecule has 0 spiro atoms. The Labute approximate surface area is 142 Å². The molecule has 0 aliphatic carbocycles. The van der Waals surface area contributed by atoms with Crippen LogP contribution in [0, 0.1) is 25.2 Å². The van der Waals surface area contributed by atoms with Gasteiger partial charge in [-0.25, -0.2) is 4.68 Å². The molecule has 0 atom stereocenters. The second-order valence-corrected chi connectivity index (χ2v) is 6.13. The number of nitrogens with zero attached hydrogens (tertiary/aromatic N) is 3. The van der Waals surface area contributed by atoms with E-state index in [1.165, 1.54) is 11.1 Å². The first-order valence-electron chi connectivity index (χ1n) is 7.93. The average Bonchev–Trinajstić information content (AvgIpc) is 2.84. The zero-order valence-electron chi connectivity index (χ0n) is 14.0. The number of benzene rings is 2. The minimum atomic E-state index is 0.431. The van der Waals surface area contributed by atoms with E-state index >= 15 is 0 Å². The first-order valence-corrected chi connectivity index (χ1v) is 7.93. The standard InChI is InChI=1S/C20H20N4/c1-14-6-8-16(9-7-14)13-24-20(22)18(12-21)19(23-24)11-17-5-3-4-15(2)10-17/h3-10H,11,13,22H2,1-2H3. The van der Waals surface area contributed by atoms with Gasteiger partial charge in [-0.15, -0.1) is 0 Å². The smallest absolute Gasteiger partial charge is 0.140 e. The Morgan fingerprint density at radius 2 is 1.79 bits per heavy atom. The highest BCUT2D eigenvalue weighted by atomic mass is 15.3. The largest absolute Gasteiger partial charge is 0.383 e. The molecular formula is C20H20N4. The molecule has 2 aromatic carbocycles. The third-order valence-electron chi connectivity index (χ3n) is 4.08. The first kappa shape index (κ1) is 15.8.